The van der Waals surface area contributed by atoms with E-state index >= 15 is 0 Å². The van der Waals surface area contributed by atoms with Crippen LogP contribution in [0, 0.1) is 0 Å². The number of methoxy groups -OCH3 is 1. The number of amides is 1. The highest BCUT2D eigenvalue weighted by atomic mass is 32.1. The topological polar surface area (TPSA) is 54.5 Å². The molecule has 1 saturated heterocycles. The van der Waals surface area contributed by atoms with Crippen LogP contribution in [0.15, 0.2) is 6.20 Å². The van der Waals surface area contributed by atoms with Gasteiger partial charge in [-0.1, -0.05) is 0 Å². The number of ether oxygens (including phenoxy) is 1. The molecule has 1 fully saturated rings. The second-order valence-electron chi connectivity index (χ2n) is 3.90. The van der Waals surface area contributed by atoms with Gasteiger partial charge in [0.2, 0.25) is 0 Å². The van der Waals surface area contributed by atoms with E-state index in [0.717, 1.165) is 42.5 Å². The molecular formula is C11H17N3O2S. The molecule has 1 amide bonds. The lowest BCUT2D eigenvalue weighted by atomic mass is 10.3. The maximum atomic E-state index is 12.1. The van der Waals surface area contributed by atoms with E-state index in [-0.39, 0.29) is 5.91 Å². The van der Waals surface area contributed by atoms with Crippen molar-refractivity contribution in [2.75, 3.05) is 39.9 Å². The fourth-order valence-corrected chi connectivity index (χ4v) is 2.60. The smallest absolute Gasteiger partial charge is 0.265 e. The van der Waals surface area contributed by atoms with Gasteiger partial charge < -0.3 is 15.0 Å². The molecule has 2 rings (SSSR count). The summed E-state index contributed by atoms with van der Waals surface area (Å²) in [5, 5.41) is 4.19. The fraction of sp³-hybridized carbons (Fsp3) is 0.636. The molecule has 1 aliphatic rings. The van der Waals surface area contributed by atoms with Crippen molar-refractivity contribution in [2.24, 2.45) is 0 Å². The van der Waals surface area contributed by atoms with E-state index in [1.54, 1.807) is 13.3 Å². The number of rotatable bonds is 4. The molecule has 94 valence electrons. The van der Waals surface area contributed by atoms with Crippen LogP contribution in [0.4, 0.5) is 0 Å². The number of nitrogens with one attached hydrogen (secondary N) is 1. The van der Waals surface area contributed by atoms with Gasteiger partial charge in [0, 0.05) is 39.7 Å². The number of thiazole rings is 1. The van der Waals surface area contributed by atoms with Gasteiger partial charge in [0.15, 0.2) is 0 Å². The molecule has 0 radical (unpaired) electrons. The van der Waals surface area contributed by atoms with Crippen molar-refractivity contribution >= 4 is 17.2 Å². The van der Waals surface area contributed by atoms with E-state index < -0.39 is 0 Å². The zero-order valence-electron chi connectivity index (χ0n) is 9.94. The van der Waals surface area contributed by atoms with Gasteiger partial charge in [-0.25, -0.2) is 4.98 Å². The zero-order valence-corrected chi connectivity index (χ0v) is 10.8. The third-order valence-corrected chi connectivity index (χ3v) is 3.73. The second-order valence-corrected chi connectivity index (χ2v) is 5.02. The number of aromatic nitrogens is 1. The predicted octanol–water partition coefficient (Wildman–Crippen LogP) is 0.377. The SMILES string of the molecule is COCCc1ncc(C(=O)N2CCNCC2)s1. The first-order valence-electron chi connectivity index (χ1n) is 5.75. The third-order valence-electron chi connectivity index (χ3n) is 2.69. The van der Waals surface area contributed by atoms with Crippen LogP contribution < -0.4 is 5.32 Å². The largest absolute Gasteiger partial charge is 0.384 e. The Morgan fingerprint density at radius 2 is 2.35 bits per heavy atom. The van der Waals surface area contributed by atoms with Gasteiger partial charge in [-0.15, -0.1) is 11.3 Å². The van der Waals surface area contributed by atoms with Crippen LogP contribution in [-0.2, 0) is 11.2 Å². The van der Waals surface area contributed by atoms with Gasteiger partial charge in [-0.3, -0.25) is 4.79 Å². The summed E-state index contributed by atoms with van der Waals surface area (Å²) >= 11 is 1.47. The molecule has 0 spiro atoms. The molecule has 0 aliphatic carbocycles. The molecule has 6 heteroatoms. The standard InChI is InChI=1S/C11H17N3O2S/c1-16-7-2-10-13-8-9(17-10)11(15)14-5-3-12-4-6-14/h8,12H,2-7H2,1H3. The van der Waals surface area contributed by atoms with Crippen molar-refractivity contribution in [1.82, 2.24) is 15.2 Å². The summed E-state index contributed by atoms with van der Waals surface area (Å²) < 4.78 is 4.99. The maximum Gasteiger partial charge on any atom is 0.265 e. The van der Waals surface area contributed by atoms with E-state index in [2.05, 4.69) is 10.3 Å². The first kappa shape index (κ1) is 12.5. The molecule has 1 aromatic rings. The van der Waals surface area contributed by atoms with Crippen molar-refractivity contribution in [3.05, 3.63) is 16.1 Å². The summed E-state index contributed by atoms with van der Waals surface area (Å²) in [6.45, 7) is 3.96. The summed E-state index contributed by atoms with van der Waals surface area (Å²) in [4.78, 5) is 19.0. The van der Waals surface area contributed by atoms with E-state index in [1.165, 1.54) is 11.3 Å². The van der Waals surface area contributed by atoms with Crippen molar-refractivity contribution in [3.63, 3.8) is 0 Å². The van der Waals surface area contributed by atoms with Crippen LogP contribution >= 0.6 is 11.3 Å². The van der Waals surface area contributed by atoms with Crippen LogP contribution in [-0.4, -0.2) is 55.7 Å². The van der Waals surface area contributed by atoms with E-state index in [1.807, 2.05) is 4.90 Å². The van der Waals surface area contributed by atoms with E-state index in [0.29, 0.717) is 6.61 Å². The second kappa shape index (κ2) is 6.09. The molecular weight excluding hydrogens is 238 g/mol. The lowest BCUT2D eigenvalue weighted by Crippen LogP contribution is -2.46. The molecule has 0 unspecified atom stereocenters. The molecule has 5 nitrogen and oxygen atoms in total. The Morgan fingerprint density at radius 3 is 3.06 bits per heavy atom. The van der Waals surface area contributed by atoms with Crippen molar-refractivity contribution < 1.29 is 9.53 Å². The quantitative estimate of drug-likeness (QED) is 0.845. The van der Waals surface area contributed by atoms with Crippen molar-refractivity contribution in [3.8, 4) is 0 Å². The van der Waals surface area contributed by atoms with Gasteiger partial charge in [-0.05, 0) is 0 Å². The Morgan fingerprint density at radius 1 is 1.59 bits per heavy atom. The monoisotopic (exact) mass is 255 g/mol. The summed E-state index contributed by atoms with van der Waals surface area (Å²) in [5.41, 5.74) is 0. The van der Waals surface area contributed by atoms with Gasteiger partial charge in [0.1, 0.15) is 4.88 Å². The molecule has 1 aromatic heterocycles. The van der Waals surface area contributed by atoms with Gasteiger partial charge in [-0.2, -0.15) is 0 Å². The van der Waals surface area contributed by atoms with Crippen molar-refractivity contribution in [2.45, 2.75) is 6.42 Å². The lowest BCUT2D eigenvalue weighted by molar-refractivity contribution is 0.0740. The Hall–Kier alpha value is -0.980. The predicted molar refractivity (Wildman–Crippen MR) is 66.5 cm³/mol. The van der Waals surface area contributed by atoms with E-state index in [9.17, 15) is 4.79 Å². The number of hydrogen-bond acceptors (Lipinski definition) is 5. The minimum Gasteiger partial charge on any atom is -0.384 e. The molecule has 0 atom stereocenters. The van der Waals surface area contributed by atoms with Crippen LogP contribution in [0.3, 0.4) is 0 Å². The number of carbonyl (C=O) groups is 1. The Kier molecular flexibility index (Phi) is 4.47. The summed E-state index contributed by atoms with van der Waals surface area (Å²) in [7, 11) is 1.67. The first-order chi connectivity index (χ1) is 8.31. The highest BCUT2D eigenvalue weighted by Crippen LogP contribution is 2.16. The molecule has 0 saturated carbocycles. The van der Waals surface area contributed by atoms with Crippen molar-refractivity contribution in [1.29, 1.82) is 0 Å². The van der Waals surface area contributed by atoms with Gasteiger partial charge >= 0.3 is 0 Å². The minimum atomic E-state index is 0.104. The molecule has 2 heterocycles. The summed E-state index contributed by atoms with van der Waals surface area (Å²) in [5.74, 6) is 0.104. The highest BCUT2D eigenvalue weighted by molar-refractivity contribution is 7.13. The molecule has 0 aromatic carbocycles. The molecule has 1 N–H and O–H groups in total. The van der Waals surface area contributed by atoms with Gasteiger partial charge in [0.05, 0.1) is 17.8 Å². The third kappa shape index (κ3) is 3.24. The maximum absolute atomic E-state index is 12.1. The molecule has 17 heavy (non-hydrogen) atoms. The number of nitrogens with zero attached hydrogens (tertiary/aromatic N) is 2. The number of carbonyl (C=O) groups excluding carboxylic acids is 1. The van der Waals surface area contributed by atoms with Crippen LogP contribution in [0.5, 0.6) is 0 Å². The normalized spacial score (nSPS) is 16.2. The average molecular weight is 255 g/mol. The molecule has 1 aliphatic heterocycles. The van der Waals surface area contributed by atoms with Gasteiger partial charge in [0.25, 0.3) is 5.91 Å². The summed E-state index contributed by atoms with van der Waals surface area (Å²) in [6, 6.07) is 0. The average Bonchev–Trinajstić information content (AvgIpc) is 2.85. The minimum absolute atomic E-state index is 0.104. The van der Waals surface area contributed by atoms with Crippen LogP contribution in [0.25, 0.3) is 0 Å². The van der Waals surface area contributed by atoms with Crippen LogP contribution in [0.2, 0.25) is 0 Å². The summed E-state index contributed by atoms with van der Waals surface area (Å²) in [6.07, 6.45) is 2.45. The van der Waals surface area contributed by atoms with Crippen LogP contribution in [0.1, 0.15) is 14.7 Å². The van der Waals surface area contributed by atoms with E-state index in [4.69, 9.17) is 4.74 Å². The zero-order chi connectivity index (χ0) is 12.1. The first-order valence-corrected chi connectivity index (χ1v) is 6.56. The molecule has 0 bridgehead atoms. The Balaban J connectivity index is 1.96. The fourth-order valence-electron chi connectivity index (χ4n) is 1.74. The Labute approximate surface area is 105 Å². The Bertz CT molecular complexity index is 375. The highest BCUT2D eigenvalue weighted by Gasteiger charge is 2.19. The number of piperazine rings is 1. The lowest BCUT2D eigenvalue weighted by Gasteiger charge is -2.26. The number of hydrogen-bond donors (Lipinski definition) is 1.